The standard InChI is InChI=1S/C32H42N4O4/c1-32(2)26-10-5-6-11-28(26)36(31(32)39)24-14-16-35(17-15-24)30(38)27(19-21-8-7-9-25(18-21)40-4)34-29(37)22-12-13-23(20-22)33-3/h5-11,18,22-24,27,33H,12-17,19-20H2,1-4H3,(H,34,37)/t22-,23+,27?/m0/s1. The molecule has 3 atom stereocenters. The van der Waals surface area contributed by atoms with E-state index in [-0.39, 0.29) is 29.7 Å². The number of rotatable bonds is 8. The molecule has 2 aliphatic heterocycles. The Kier molecular flexibility index (Phi) is 8.17. The van der Waals surface area contributed by atoms with Crippen molar-refractivity contribution in [3.8, 4) is 5.75 Å². The van der Waals surface area contributed by atoms with Gasteiger partial charge in [0.2, 0.25) is 17.7 Å². The molecule has 1 saturated heterocycles. The minimum Gasteiger partial charge on any atom is -0.497 e. The van der Waals surface area contributed by atoms with Crippen molar-refractivity contribution in [1.29, 1.82) is 0 Å². The van der Waals surface area contributed by atoms with Crippen LogP contribution in [0, 0.1) is 5.92 Å². The molecular weight excluding hydrogens is 504 g/mol. The molecule has 40 heavy (non-hydrogen) atoms. The van der Waals surface area contributed by atoms with E-state index < -0.39 is 11.5 Å². The average molecular weight is 547 g/mol. The summed E-state index contributed by atoms with van der Waals surface area (Å²) in [6.07, 6.45) is 4.38. The van der Waals surface area contributed by atoms with Crippen LogP contribution in [-0.2, 0) is 26.2 Å². The second-order valence-corrected chi connectivity index (χ2v) is 12.0. The van der Waals surface area contributed by atoms with E-state index in [0.717, 1.165) is 41.8 Å². The Morgan fingerprint density at radius 3 is 2.50 bits per heavy atom. The van der Waals surface area contributed by atoms with Gasteiger partial charge in [0.15, 0.2) is 0 Å². The highest BCUT2D eigenvalue weighted by Crippen LogP contribution is 2.43. The van der Waals surface area contributed by atoms with Crippen molar-refractivity contribution >= 4 is 23.4 Å². The summed E-state index contributed by atoms with van der Waals surface area (Å²) in [7, 11) is 3.55. The predicted octanol–water partition coefficient (Wildman–Crippen LogP) is 3.43. The van der Waals surface area contributed by atoms with Gasteiger partial charge in [-0.1, -0.05) is 30.3 Å². The number of hydrogen-bond acceptors (Lipinski definition) is 5. The minimum absolute atomic E-state index is 0.0443. The molecule has 1 unspecified atom stereocenters. The third kappa shape index (κ3) is 5.46. The van der Waals surface area contributed by atoms with E-state index in [1.807, 2.05) is 79.2 Å². The lowest BCUT2D eigenvalue weighted by Crippen LogP contribution is -2.55. The topological polar surface area (TPSA) is 91.0 Å². The number of nitrogens with one attached hydrogen (secondary N) is 2. The molecule has 3 aliphatic rings. The highest BCUT2D eigenvalue weighted by molar-refractivity contribution is 6.08. The number of para-hydroxylation sites is 1. The van der Waals surface area contributed by atoms with Crippen molar-refractivity contribution in [3.05, 3.63) is 59.7 Å². The summed E-state index contributed by atoms with van der Waals surface area (Å²) in [6, 6.07) is 15.4. The molecule has 8 heteroatoms. The lowest BCUT2D eigenvalue weighted by atomic mass is 9.86. The van der Waals surface area contributed by atoms with Crippen LogP contribution in [0.1, 0.15) is 57.1 Å². The highest BCUT2D eigenvalue weighted by Gasteiger charge is 2.47. The maximum Gasteiger partial charge on any atom is 0.245 e. The monoisotopic (exact) mass is 546 g/mol. The van der Waals surface area contributed by atoms with Crippen LogP contribution in [0.2, 0.25) is 0 Å². The van der Waals surface area contributed by atoms with E-state index in [4.69, 9.17) is 4.74 Å². The third-order valence-electron chi connectivity index (χ3n) is 9.13. The molecule has 2 aromatic carbocycles. The van der Waals surface area contributed by atoms with Crippen LogP contribution >= 0.6 is 0 Å². The fraction of sp³-hybridized carbons (Fsp3) is 0.531. The number of carbonyl (C=O) groups excluding carboxylic acids is 3. The summed E-state index contributed by atoms with van der Waals surface area (Å²) < 4.78 is 5.39. The molecule has 2 fully saturated rings. The molecule has 5 rings (SSSR count). The van der Waals surface area contributed by atoms with E-state index in [9.17, 15) is 14.4 Å². The van der Waals surface area contributed by atoms with E-state index in [0.29, 0.717) is 38.4 Å². The molecular formula is C32H42N4O4. The lowest BCUT2D eigenvalue weighted by molar-refractivity contribution is -0.138. The second-order valence-electron chi connectivity index (χ2n) is 12.0. The molecule has 214 valence electrons. The van der Waals surface area contributed by atoms with Gasteiger partial charge >= 0.3 is 0 Å². The highest BCUT2D eigenvalue weighted by atomic mass is 16.5. The van der Waals surface area contributed by atoms with Gasteiger partial charge in [-0.05, 0) is 82.3 Å². The first kappa shape index (κ1) is 28.1. The number of piperidine rings is 1. The fourth-order valence-electron chi connectivity index (χ4n) is 6.67. The van der Waals surface area contributed by atoms with Gasteiger partial charge < -0.3 is 25.2 Å². The van der Waals surface area contributed by atoms with Crippen molar-refractivity contribution in [2.75, 3.05) is 32.1 Å². The van der Waals surface area contributed by atoms with Crippen LogP contribution in [0.4, 0.5) is 5.69 Å². The SMILES string of the molecule is CN[C@@H]1CC[C@H](C(=O)NC(Cc2cccc(OC)c2)C(=O)N2CCC(N3C(=O)C(C)(C)c4ccccc43)CC2)C1. The van der Waals surface area contributed by atoms with Crippen molar-refractivity contribution in [2.45, 2.75) is 75.9 Å². The number of likely N-dealkylation sites (tertiary alicyclic amines) is 1. The molecule has 0 bridgehead atoms. The number of methoxy groups -OCH3 is 1. The van der Waals surface area contributed by atoms with Crippen LogP contribution in [-0.4, -0.2) is 68.0 Å². The summed E-state index contributed by atoms with van der Waals surface area (Å²) in [5.74, 6) is 0.648. The van der Waals surface area contributed by atoms with E-state index in [2.05, 4.69) is 10.6 Å². The number of fused-ring (bicyclic) bond motifs is 1. The summed E-state index contributed by atoms with van der Waals surface area (Å²) in [5.41, 5.74) is 2.44. The van der Waals surface area contributed by atoms with Gasteiger partial charge in [-0.2, -0.15) is 0 Å². The molecule has 3 amide bonds. The zero-order valence-electron chi connectivity index (χ0n) is 24.1. The number of amides is 3. The molecule has 2 aromatic rings. The van der Waals surface area contributed by atoms with Gasteiger partial charge in [0.25, 0.3) is 0 Å². The number of anilines is 1. The summed E-state index contributed by atoms with van der Waals surface area (Å²) in [5, 5.41) is 6.39. The maximum atomic E-state index is 13.9. The van der Waals surface area contributed by atoms with Gasteiger partial charge in [0, 0.05) is 43.2 Å². The number of nitrogens with zero attached hydrogens (tertiary/aromatic N) is 2. The Labute approximate surface area is 237 Å². The molecule has 0 radical (unpaired) electrons. The normalized spacial score (nSPS) is 23.1. The smallest absolute Gasteiger partial charge is 0.245 e. The van der Waals surface area contributed by atoms with E-state index in [1.165, 1.54) is 0 Å². The Morgan fingerprint density at radius 2 is 1.80 bits per heavy atom. The molecule has 2 heterocycles. The summed E-state index contributed by atoms with van der Waals surface area (Å²) >= 11 is 0. The van der Waals surface area contributed by atoms with Crippen LogP contribution < -0.4 is 20.3 Å². The lowest BCUT2D eigenvalue weighted by Gasteiger charge is -2.39. The summed E-state index contributed by atoms with van der Waals surface area (Å²) in [6.45, 7) is 5.07. The van der Waals surface area contributed by atoms with Gasteiger partial charge in [-0.25, -0.2) is 0 Å². The van der Waals surface area contributed by atoms with E-state index in [1.54, 1.807) is 7.11 Å². The Morgan fingerprint density at radius 1 is 1.05 bits per heavy atom. The minimum atomic E-state index is -0.655. The van der Waals surface area contributed by atoms with Crippen LogP contribution in [0.25, 0.3) is 0 Å². The number of carbonyl (C=O) groups is 3. The van der Waals surface area contributed by atoms with Crippen molar-refractivity contribution < 1.29 is 19.1 Å². The van der Waals surface area contributed by atoms with E-state index >= 15 is 0 Å². The first-order valence-corrected chi connectivity index (χ1v) is 14.6. The van der Waals surface area contributed by atoms with Crippen molar-refractivity contribution in [1.82, 2.24) is 15.5 Å². The Balaban J connectivity index is 1.29. The van der Waals surface area contributed by atoms with Gasteiger partial charge in [0.1, 0.15) is 11.8 Å². The van der Waals surface area contributed by atoms with Crippen LogP contribution in [0.5, 0.6) is 5.75 Å². The molecule has 8 nitrogen and oxygen atoms in total. The predicted molar refractivity (Wildman–Crippen MR) is 155 cm³/mol. The molecule has 2 N–H and O–H groups in total. The fourth-order valence-corrected chi connectivity index (χ4v) is 6.67. The number of benzene rings is 2. The third-order valence-corrected chi connectivity index (χ3v) is 9.13. The zero-order chi connectivity index (χ0) is 28.4. The molecule has 1 saturated carbocycles. The largest absolute Gasteiger partial charge is 0.497 e. The van der Waals surface area contributed by atoms with Gasteiger partial charge in [-0.15, -0.1) is 0 Å². The van der Waals surface area contributed by atoms with Crippen LogP contribution in [0.15, 0.2) is 48.5 Å². The quantitative estimate of drug-likeness (QED) is 0.530. The average Bonchev–Trinajstić information content (AvgIpc) is 3.54. The maximum absolute atomic E-state index is 13.9. The first-order valence-electron chi connectivity index (χ1n) is 14.6. The first-order chi connectivity index (χ1) is 19.2. The second kappa shape index (κ2) is 11.6. The van der Waals surface area contributed by atoms with Crippen LogP contribution in [0.3, 0.4) is 0 Å². The van der Waals surface area contributed by atoms with Crippen molar-refractivity contribution in [2.24, 2.45) is 5.92 Å². The summed E-state index contributed by atoms with van der Waals surface area (Å²) in [4.78, 5) is 44.5. The number of ether oxygens (including phenoxy) is 1. The van der Waals surface area contributed by atoms with Gasteiger partial charge in [0.05, 0.1) is 12.5 Å². The molecule has 1 aliphatic carbocycles. The zero-order valence-corrected chi connectivity index (χ0v) is 24.1. The molecule has 0 aromatic heterocycles. The number of hydrogen-bond donors (Lipinski definition) is 2. The molecule has 0 spiro atoms. The Bertz CT molecular complexity index is 1250. The van der Waals surface area contributed by atoms with Gasteiger partial charge in [-0.3, -0.25) is 14.4 Å². The Hall–Kier alpha value is -3.39. The van der Waals surface area contributed by atoms with Crippen molar-refractivity contribution in [3.63, 3.8) is 0 Å².